The molecule has 2 aromatic carbocycles. The summed E-state index contributed by atoms with van der Waals surface area (Å²) in [7, 11) is 1.84. The molecule has 6 N–H and O–H groups in total. The Morgan fingerprint density at radius 1 is 1.12 bits per heavy atom. The second-order valence-corrected chi connectivity index (χ2v) is 9.01. The molecule has 15 heteroatoms. The first-order valence-corrected chi connectivity index (χ1v) is 12.3. The standard InChI is InChI=1S/C27H25F2N5O8/c1-34-10-9-32-24(34)14-3-2-4-15(11-14)40-25-20(28)22(41-17(27(38)39)7-8-19(36)37)21(29)26(33-25)42-18-12-13(23(30)31)5-6-16(18)35/h2-6,11-12,17,35H,7-10H2,1H3,(H3,30,31)(H,36,37)(H,38,39). The third-order valence-electron chi connectivity index (χ3n) is 5.98. The van der Waals surface area contributed by atoms with Gasteiger partial charge in [0.1, 0.15) is 17.4 Å². The normalized spacial score (nSPS) is 13.3. The molecule has 1 unspecified atom stereocenters. The average molecular weight is 586 g/mol. The number of nitrogens with zero attached hydrogens (tertiary/aromatic N) is 3. The number of rotatable bonds is 12. The summed E-state index contributed by atoms with van der Waals surface area (Å²) in [6.45, 7) is 1.27. The number of likely N-dealkylation sites (N-methyl/N-ethyl adjacent to an activating group) is 1. The van der Waals surface area contributed by atoms with E-state index in [-0.39, 0.29) is 11.3 Å². The van der Waals surface area contributed by atoms with Crippen LogP contribution in [0.4, 0.5) is 8.78 Å². The van der Waals surface area contributed by atoms with Gasteiger partial charge in [-0.15, -0.1) is 0 Å². The third kappa shape index (κ3) is 6.63. The van der Waals surface area contributed by atoms with Crippen molar-refractivity contribution >= 4 is 23.6 Å². The lowest BCUT2D eigenvalue weighted by Gasteiger charge is -2.19. The summed E-state index contributed by atoms with van der Waals surface area (Å²) in [5.74, 6) is -9.97. The van der Waals surface area contributed by atoms with E-state index >= 15 is 8.78 Å². The van der Waals surface area contributed by atoms with Crippen LogP contribution in [-0.2, 0) is 9.59 Å². The number of carboxylic acids is 2. The zero-order valence-corrected chi connectivity index (χ0v) is 22.0. The van der Waals surface area contributed by atoms with Crippen molar-refractivity contribution < 1.29 is 47.9 Å². The van der Waals surface area contributed by atoms with Gasteiger partial charge in [0.25, 0.3) is 11.8 Å². The zero-order chi connectivity index (χ0) is 30.6. The smallest absolute Gasteiger partial charge is 0.344 e. The number of aliphatic imine (C=N–C) groups is 1. The molecular formula is C27H25F2N5O8. The number of halogens is 2. The van der Waals surface area contributed by atoms with E-state index < -0.39 is 77.4 Å². The molecule has 0 fully saturated rings. The molecule has 1 aliphatic heterocycles. The van der Waals surface area contributed by atoms with Gasteiger partial charge in [0.15, 0.2) is 17.6 Å². The van der Waals surface area contributed by atoms with Gasteiger partial charge in [-0.25, -0.2) is 4.79 Å². The Hall–Kier alpha value is -5.47. The maximum absolute atomic E-state index is 15.6. The first-order chi connectivity index (χ1) is 19.9. The van der Waals surface area contributed by atoms with E-state index in [2.05, 4.69) is 9.98 Å². The van der Waals surface area contributed by atoms with E-state index in [1.54, 1.807) is 12.1 Å². The number of aliphatic carboxylic acids is 2. The maximum Gasteiger partial charge on any atom is 0.344 e. The third-order valence-corrected chi connectivity index (χ3v) is 5.98. The van der Waals surface area contributed by atoms with Crippen LogP contribution in [0.5, 0.6) is 34.8 Å². The molecule has 2 heterocycles. The molecule has 1 aliphatic rings. The van der Waals surface area contributed by atoms with E-state index in [0.717, 1.165) is 12.1 Å². The fourth-order valence-electron chi connectivity index (χ4n) is 3.87. The Morgan fingerprint density at radius 2 is 1.83 bits per heavy atom. The number of nitrogens with two attached hydrogens (primary N) is 1. The van der Waals surface area contributed by atoms with E-state index in [9.17, 15) is 19.8 Å². The van der Waals surface area contributed by atoms with Gasteiger partial charge in [0, 0.05) is 37.6 Å². The number of amidine groups is 2. The molecule has 4 rings (SSSR count). The summed E-state index contributed by atoms with van der Waals surface area (Å²) >= 11 is 0. The topological polar surface area (TPSA) is 201 Å². The minimum absolute atomic E-state index is 0.0486. The quantitative estimate of drug-likeness (QED) is 0.154. The molecule has 0 bridgehead atoms. The van der Waals surface area contributed by atoms with Gasteiger partial charge in [-0.2, -0.15) is 13.8 Å². The van der Waals surface area contributed by atoms with Crippen LogP contribution in [0.2, 0.25) is 0 Å². The highest BCUT2D eigenvalue weighted by Gasteiger charge is 2.31. The average Bonchev–Trinajstić information content (AvgIpc) is 3.37. The van der Waals surface area contributed by atoms with E-state index in [4.69, 9.17) is 30.5 Å². The van der Waals surface area contributed by atoms with Crippen molar-refractivity contribution in [2.75, 3.05) is 20.1 Å². The number of aromatic nitrogens is 1. The Morgan fingerprint density at radius 3 is 2.45 bits per heavy atom. The van der Waals surface area contributed by atoms with Crippen molar-refractivity contribution in [3.63, 3.8) is 0 Å². The molecule has 0 saturated carbocycles. The van der Waals surface area contributed by atoms with Gasteiger partial charge in [-0.3, -0.25) is 15.2 Å². The van der Waals surface area contributed by atoms with Gasteiger partial charge in [0.2, 0.25) is 17.4 Å². The summed E-state index contributed by atoms with van der Waals surface area (Å²) in [5.41, 5.74) is 6.19. The lowest BCUT2D eigenvalue weighted by atomic mass is 10.2. The van der Waals surface area contributed by atoms with Crippen LogP contribution in [0.25, 0.3) is 0 Å². The minimum Gasteiger partial charge on any atom is -0.504 e. The Bertz CT molecular complexity index is 1580. The van der Waals surface area contributed by atoms with Crippen LogP contribution < -0.4 is 19.9 Å². The van der Waals surface area contributed by atoms with Gasteiger partial charge in [0.05, 0.1) is 6.54 Å². The number of hydrogen-bond acceptors (Lipinski definition) is 10. The first-order valence-electron chi connectivity index (χ1n) is 12.3. The molecule has 1 atom stereocenters. The van der Waals surface area contributed by atoms with Crippen molar-refractivity contribution in [1.29, 1.82) is 5.41 Å². The monoisotopic (exact) mass is 585 g/mol. The summed E-state index contributed by atoms with van der Waals surface area (Å²) in [6, 6.07) is 9.84. The number of ether oxygens (including phenoxy) is 3. The number of nitrogens with one attached hydrogen (secondary N) is 1. The summed E-state index contributed by atoms with van der Waals surface area (Å²) < 4.78 is 47.3. The molecule has 220 valence electrons. The SMILES string of the molecule is CN1CCN=C1c1cccc(Oc2nc(Oc3cc(C(=N)N)ccc3O)c(F)c(OC(CCC(=O)O)C(=O)O)c2F)c1. The molecule has 3 aromatic rings. The number of phenolic OH excluding ortho intramolecular Hbond substituents is 1. The summed E-state index contributed by atoms with van der Waals surface area (Å²) in [4.78, 5) is 32.7. The predicted octanol–water partition coefficient (Wildman–Crippen LogP) is 3.32. The number of hydrogen-bond donors (Lipinski definition) is 5. The van der Waals surface area contributed by atoms with Crippen LogP contribution in [0.15, 0.2) is 47.5 Å². The first kappa shape index (κ1) is 29.5. The van der Waals surface area contributed by atoms with Gasteiger partial charge in [-0.05, 0) is 30.3 Å². The molecule has 0 aliphatic carbocycles. The van der Waals surface area contributed by atoms with Crippen LogP contribution in [0, 0.1) is 17.0 Å². The lowest BCUT2D eigenvalue weighted by Crippen LogP contribution is -2.28. The van der Waals surface area contributed by atoms with E-state index in [1.807, 2.05) is 11.9 Å². The fourth-order valence-corrected chi connectivity index (χ4v) is 3.87. The molecule has 0 spiro atoms. The second kappa shape index (κ2) is 12.4. The number of phenols is 1. The second-order valence-electron chi connectivity index (χ2n) is 9.01. The van der Waals surface area contributed by atoms with Gasteiger partial charge in [-0.1, -0.05) is 12.1 Å². The van der Waals surface area contributed by atoms with Crippen molar-refractivity contribution in [3.05, 3.63) is 65.2 Å². The molecule has 0 saturated heterocycles. The molecular weight excluding hydrogens is 560 g/mol. The Balaban J connectivity index is 1.78. The van der Waals surface area contributed by atoms with Gasteiger partial charge >= 0.3 is 11.9 Å². The van der Waals surface area contributed by atoms with Crippen LogP contribution in [-0.4, -0.2) is 75.1 Å². The highest BCUT2D eigenvalue weighted by atomic mass is 19.1. The number of carbonyl (C=O) groups is 2. The molecule has 0 radical (unpaired) electrons. The van der Waals surface area contributed by atoms with Crippen molar-refractivity contribution in [2.45, 2.75) is 18.9 Å². The van der Waals surface area contributed by atoms with Crippen molar-refractivity contribution in [1.82, 2.24) is 9.88 Å². The van der Waals surface area contributed by atoms with Crippen molar-refractivity contribution in [3.8, 4) is 34.8 Å². The number of pyridine rings is 1. The summed E-state index contributed by atoms with van der Waals surface area (Å²) in [5, 5.41) is 36.2. The molecule has 1 aromatic heterocycles. The lowest BCUT2D eigenvalue weighted by molar-refractivity contribution is -0.146. The molecule has 0 amide bonds. The van der Waals surface area contributed by atoms with E-state index in [1.165, 1.54) is 18.2 Å². The highest BCUT2D eigenvalue weighted by molar-refractivity contribution is 6.00. The maximum atomic E-state index is 15.6. The predicted molar refractivity (Wildman–Crippen MR) is 143 cm³/mol. The van der Waals surface area contributed by atoms with Crippen LogP contribution in [0.1, 0.15) is 24.0 Å². The largest absolute Gasteiger partial charge is 0.504 e. The van der Waals surface area contributed by atoms with Crippen molar-refractivity contribution in [2.24, 2.45) is 10.7 Å². The number of aromatic hydroxyl groups is 1. The number of carboxylic acid groups (broad SMARTS) is 2. The number of benzene rings is 2. The number of nitrogen functional groups attached to an aromatic ring is 1. The van der Waals surface area contributed by atoms with Gasteiger partial charge < -0.3 is 40.2 Å². The Kier molecular flexibility index (Phi) is 8.69. The van der Waals surface area contributed by atoms with Crippen LogP contribution >= 0.6 is 0 Å². The molecule has 13 nitrogen and oxygen atoms in total. The summed E-state index contributed by atoms with van der Waals surface area (Å²) in [6.07, 6.45) is -3.27. The minimum atomic E-state index is -1.97. The highest BCUT2D eigenvalue weighted by Crippen LogP contribution is 2.40. The zero-order valence-electron chi connectivity index (χ0n) is 22.0. The fraction of sp³-hybridized carbons (Fsp3) is 0.222. The molecule has 42 heavy (non-hydrogen) atoms. The van der Waals surface area contributed by atoms with Crippen LogP contribution in [0.3, 0.4) is 0 Å². The Labute approximate surface area is 236 Å². The van der Waals surface area contributed by atoms with E-state index in [0.29, 0.717) is 24.5 Å².